The number of nitrogens with one attached hydrogen (secondary N) is 5. The van der Waals surface area contributed by atoms with Crippen LogP contribution in [0.25, 0.3) is 41.6 Å². The molecule has 16 nitrogen and oxygen atoms in total. The number of thiazole rings is 2. The lowest BCUT2D eigenvalue weighted by molar-refractivity contribution is -0.116. The minimum Gasteiger partial charge on any atom is -0.444 e. The summed E-state index contributed by atoms with van der Waals surface area (Å²) in [7, 11) is 0. The van der Waals surface area contributed by atoms with Crippen LogP contribution in [0.4, 0.5) is 14.8 Å². The van der Waals surface area contributed by atoms with Gasteiger partial charge >= 0.3 is 6.09 Å². The van der Waals surface area contributed by atoms with Gasteiger partial charge in [-0.1, -0.05) is 12.1 Å². The summed E-state index contributed by atoms with van der Waals surface area (Å²) >= 11 is 6.43. The maximum absolute atomic E-state index is 13.0. The molecule has 0 fully saturated rings. The van der Waals surface area contributed by atoms with Crippen LogP contribution >= 0.6 is 45.3 Å². The number of anilines is 2. The van der Waals surface area contributed by atoms with Crippen molar-refractivity contribution >= 4 is 93.7 Å². The molecule has 71 heavy (non-hydrogen) atoms. The van der Waals surface area contributed by atoms with Crippen molar-refractivity contribution in [2.45, 2.75) is 78.0 Å². The average Bonchev–Trinajstić information content (AvgIpc) is 4.16. The van der Waals surface area contributed by atoms with Gasteiger partial charge in [-0.25, -0.2) is 14.8 Å². The van der Waals surface area contributed by atoms with Crippen LogP contribution in [0.15, 0.2) is 86.0 Å². The highest BCUT2D eigenvalue weighted by molar-refractivity contribution is 7.23. The lowest BCUT2D eigenvalue weighted by Crippen LogP contribution is -2.39. The summed E-state index contributed by atoms with van der Waals surface area (Å²) in [6, 6.07) is 11.9. The summed E-state index contributed by atoms with van der Waals surface area (Å²) in [5.74, 6) is -0.0371. The Morgan fingerprint density at radius 2 is 1.20 bits per heavy atom. The molecule has 0 saturated heterocycles. The third kappa shape index (κ3) is 13.1. The van der Waals surface area contributed by atoms with Crippen LogP contribution in [-0.2, 0) is 53.1 Å². The van der Waals surface area contributed by atoms with Crippen LogP contribution in [0.3, 0.4) is 0 Å². The Labute approximate surface area is 428 Å². The molecule has 368 valence electrons. The molecule has 20 heteroatoms. The van der Waals surface area contributed by atoms with Crippen molar-refractivity contribution < 1.29 is 19.1 Å². The van der Waals surface area contributed by atoms with E-state index in [-0.39, 0.29) is 17.9 Å². The first-order valence-electron chi connectivity index (χ1n) is 23.7. The van der Waals surface area contributed by atoms with Gasteiger partial charge in [-0.2, -0.15) is 0 Å². The topological polar surface area (TPSA) is 201 Å². The summed E-state index contributed by atoms with van der Waals surface area (Å²) in [4.78, 5) is 68.8. The van der Waals surface area contributed by atoms with E-state index >= 15 is 0 Å². The summed E-state index contributed by atoms with van der Waals surface area (Å²) < 4.78 is 7.76. The molecule has 0 bridgehead atoms. The second kappa shape index (κ2) is 23.4. The normalized spacial score (nSPS) is 13.3. The zero-order valence-corrected chi connectivity index (χ0v) is 43.1. The Kier molecular flexibility index (Phi) is 16.4. The fourth-order valence-corrected chi connectivity index (χ4v) is 12.9. The number of ether oxygens (including phenoxy) is 1. The third-order valence-corrected chi connectivity index (χ3v) is 16.0. The zero-order chi connectivity index (χ0) is 49.2. The molecule has 5 N–H and O–H groups in total. The Morgan fingerprint density at radius 1 is 0.662 bits per heavy atom. The van der Waals surface area contributed by atoms with E-state index < -0.39 is 5.60 Å². The number of fused-ring (bicyclic) bond motifs is 4. The van der Waals surface area contributed by atoms with Crippen LogP contribution in [0.1, 0.15) is 65.6 Å². The highest BCUT2D eigenvalue weighted by atomic mass is 32.1. The van der Waals surface area contributed by atoms with E-state index in [0.717, 1.165) is 113 Å². The second-order valence-electron chi connectivity index (χ2n) is 18.0. The van der Waals surface area contributed by atoms with Gasteiger partial charge < -0.3 is 36.2 Å². The molecule has 8 aromatic rings. The standard InChI is InChI=1S/C28H32N6O3S2.C23H24N6OS2/c1-28(2,3)37-27(36)34-14-9-19-22(17-34)39-26(24(19)25-32-20-16-31-12-7-21(20)38-25)33-23(35)8-13-29-11-6-18-5-4-10-30-15-18;30-20(6-11-24-8-3-15-2-1-7-25-12-15)29-23-21(16-4-9-27-14-19(16)32-23)22-28-17-13-26-10-5-18(17)31-22/h4-5,7,10,12,15-16,29H,6,8-9,11,13-14,17H2,1-3H3,(H,33,35);1-2,5,7,10,12-13,24,27H,3-4,6,8-9,11,14H2,(H,29,30). The van der Waals surface area contributed by atoms with Gasteiger partial charge in [0.2, 0.25) is 11.8 Å². The summed E-state index contributed by atoms with van der Waals surface area (Å²) in [6.07, 6.45) is 18.2. The number of nitrogens with zero attached hydrogens (tertiary/aromatic N) is 7. The molecular weight excluding hydrogens is 973 g/mol. The highest BCUT2D eigenvalue weighted by Crippen LogP contribution is 2.47. The maximum atomic E-state index is 13.0. The molecule has 10 rings (SSSR count). The number of pyridine rings is 4. The molecule has 3 amide bonds. The monoisotopic (exact) mass is 1030 g/mol. The molecule has 2 aliphatic rings. The van der Waals surface area contributed by atoms with Crippen molar-refractivity contribution in [3.63, 3.8) is 0 Å². The van der Waals surface area contributed by atoms with Crippen LogP contribution < -0.4 is 26.6 Å². The zero-order valence-electron chi connectivity index (χ0n) is 39.9. The van der Waals surface area contributed by atoms with Gasteiger partial charge in [0.05, 0.1) is 28.3 Å². The van der Waals surface area contributed by atoms with Crippen LogP contribution in [0, 0.1) is 0 Å². The molecule has 0 spiro atoms. The molecule has 0 aromatic carbocycles. The number of thiophene rings is 2. The van der Waals surface area contributed by atoms with Crippen LogP contribution in [-0.4, -0.2) is 97.6 Å². The molecule has 0 unspecified atom stereocenters. The van der Waals surface area contributed by atoms with Crippen molar-refractivity contribution in [1.82, 2.24) is 50.8 Å². The second-order valence-corrected chi connectivity index (χ2v) is 22.3. The van der Waals surface area contributed by atoms with E-state index in [1.54, 1.807) is 76.1 Å². The molecule has 10 heterocycles. The number of hydrogen-bond donors (Lipinski definition) is 5. The predicted molar refractivity (Wildman–Crippen MR) is 285 cm³/mol. The molecular formula is C51H56N12O4S4. The number of rotatable bonds is 16. The van der Waals surface area contributed by atoms with E-state index in [0.29, 0.717) is 45.4 Å². The number of carbonyl (C=O) groups is 3. The van der Waals surface area contributed by atoms with Gasteiger partial charge in [-0.3, -0.25) is 29.5 Å². The van der Waals surface area contributed by atoms with E-state index in [1.165, 1.54) is 27.3 Å². The van der Waals surface area contributed by atoms with Gasteiger partial charge in [0.1, 0.15) is 36.7 Å². The van der Waals surface area contributed by atoms with Crippen LogP contribution in [0.2, 0.25) is 0 Å². The van der Waals surface area contributed by atoms with E-state index in [9.17, 15) is 14.4 Å². The number of aromatic nitrogens is 6. The van der Waals surface area contributed by atoms with Crippen molar-refractivity contribution in [3.8, 4) is 21.1 Å². The average molecular weight is 1030 g/mol. The van der Waals surface area contributed by atoms with Gasteiger partial charge in [0.15, 0.2) is 0 Å². The smallest absolute Gasteiger partial charge is 0.410 e. The van der Waals surface area contributed by atoms with Crippen molar-refractivity contribution in [1.29, 1.82) is 0 Å². The fraction of sp³-hybridized carbons (Fsp3) is 0.353. The minimum absolute atomic E-state index is 0.0226. The first-order chi connectivity index (χ1) is 34.5. The molecule has 8 aromatic heterocycles. The predicted octanol–water partition coefficient (Wildman–Crippen LogP) is 8.89. The quantitative estimate of drug-likeness (QED) is 0.0575. The van der Waals surface area contributed by atoms with Crippen molar-refractivity contribution in [2.24, 2.45) is 0 Å². The number of hydrogen-bond acceptors (Lipinski definition) is 17. The molecule has 0 atom stereocenters. The summed E-state index contributed by atoms with van der Waals surface area (Å²) in [5.41, 5.74) is 8.02. The number of amides is 3. The SMILES string of the molecule is CC(C)(C)OC(=O)N1CCc2c(sc(NC(=O)CCNCCc3cccnc3)c2-c2nc3cnccc3s2)C1.O=C(CCNCCc1cccnc1)Nc1sc2c(c1-c1nc3cnccc3s1)CCNC2. The van der Waals surface area contributed by atoms with Crippen molar-refractivity contribution in [3.05, 3.63) is 118 Å². The van der Waals surface area contributed by atoms with E-state index in [2.05, 4.69) is 52.6 Å². The van der Waals surface area contributed by atoms with Gasteiger partial charge in [-0.05, 0) is 113 Å². The first-order valence-corrected chi connectivity index (χ1v) is 27.0. The fourth-order valence-electron chi connectivity index (χ4n) is 8.21. The summed E-state index contributed by atoms with van der Waals surface area (Å²) in [5, 5.41) is 19.9. The Balaban J connectivity index is 0.000000179. The maximum Gasteiger partial charge on any atom is 0.410 e. The lowest BCUT2D eigenvalue weighted by Gasteiger charge is -2.30. The van der Waals surface area contributed by atoms with Crippen LogP contribution in [0.5, 0.6) is 0 Å². The molecule has 0 radical (unpaired) electrons. The summed E-state index contributed by atoms with van der Waals surface area (Å²) in [6.45, 7) is 11.2. The highest BCUT2D eigenvalue weighted by Gasteiger charge is 2.32. The van der Waals surface area contributed by atoms with Crippen molar-refractivity contribution in [2.75, 3.05) is 49.9 Å². The third-order valence-electron chi connectivity index (χ3n) is 11.6. The Bertz CT molecular complexity index is 3030. The minimum atomic E-state index is -0.557. The lowest BCUT2D eigenvalue weighted by atomic mass is 10.0. The van der Waals surface area contributed by atoms with Gasteiger partial charge in [-0.15, -0.1) is 45.3 Å². The molecule has 0 saturated carbocycles. The van der Waals surface area contributed by atoms with Gasteiger partial charge in [0.25, 0.3) is 0 Å². The first kappa shape index (κ1) is 49.8. The van der Waals surface area contributed by atoms with Gasteiger partial charge in [0, 0.05) is 97.1 Å². The number of carbonyl (C=O) groups excluding carboxylic acids is 3. The largest absolute Gasteiger partial charge is 0.444 e. The Morgan fingerprint density at radius 3 is 1.72 bits per heavy atom. The van der Waals surface area contributed by atoms with E-state index in [4.69, 9.17) is 14.7 Å². The van der Waals surface area contributed by atoms with E-state index in [1.807, 2.05) is 63.5 Å². The Hall–Kier alpha value is -6.13. The molecule has 2 aliphatic heterocycles. The molecule has 0 aliphatic carbocycles.